The van der Waals surface area contributed by atoms with Crippen molar-refractivity contribution in [3.8, 4) is 0 Å². The Labute approximate surface area is 150 Å². The van der Waals surface area contributed by atoms with Crippen LogP contribution >= 0.6 is 0 Å². The number of carbonyl (C=O) groups is 1. The van der Waals surface area contributed by atoms with Gasteiger partial charge >= 0.3 is 6.03 Å². The SMILES string of the molecule is O=C(NCCC[C@H]1CCCCO1)N1CCN(Cc2ccccn2)CC1. The number of nitrogens with zero attached hydrogens (tertiary/aromatic N) is 3. The molecule has 2 amide bonds. The lowest BCUT2D eigenvalue weighted by Crippen LogP contribution is -2.51. The molecule has 0 aliphatic carbocycles. The number of urea groups is 1. The predicted molar refractivity (Wildman–Crippen MR) is 97.3 cm³/mol. The van der Waals surface area contributed by atoms with Gasteiger partial charge in [0.2, 0.25) is 0 Å². The number of hydrogen-bond acceptors (Lipinski definition) is 4. The van der Waals surface area contributed by atoms with Gasteiger partial charge in [0, 0.05) is 52.1 Å². The molecule has 0 spiro atoms. The number of nitrogens with one attached hydrogen (secondary N) is 1. The first-order chi connectivity index (χ1) is 12.3. The largest absolute Gasteiger partial charge is 0.378 e. The summed E-state index contributed by atoms with van der Waals surface area (Å²) >= 11 is 0. The van der Waals surface area contributed by atoms with E-state index in [1.54, 1.807) is 0 Å². The molecule has 1 N–H and O–H groups in total. The van der Waals surface area contributed by atoms with E-state index in [9.17, 15) is 4.79 Å². The highest BCUT2D eigenvalue weighted by atomic mass is 16.5. The van der Waals surface area contributed by atoms with Crippen LogP contribution in [0.25, 0.3) is 0 Å². The fourth-order valence-electron chi connectivity index (χ4n) is 3.50. The van der Waals surface area contributed by atoms with Gasteiger partial charge in [-0.2, -0.15) is 0 Å². The molecular weight excluding hydrogens is 316 g/mol. The number of aromatic nitrogens is 1. The average Bonchev–Trinajstić information content (AvgIpc) is 2.67. The maximum Gasteiger partial charge on any atom is 0.317 e. The van der Waals surface area contributed by atoms with Crippen molar-refractivity contribution in [1.82, 2.24) is 20.1 Å². The smallest absolute Gasteiger partial charge is 0.317 e. The van der Waals surface area contributed by atoms with Crippen molar-refractivity contribution in [3.05, 3.63) is 30.1 Å². The molecule has 0 unspecified atom stereocenters. The topological polar surface area (TPSA) is 57.7 Å². The zero-order valence-corrected chi connectivity index (χ0v) is 15.0. The van der Waals surface area contributed by atoms with Crippen LogP contribution < -0.4 is 5.32 Å². The summed E-state index contributed by atoms with van der Waals surface area (Å²) in [5.41, 5.74) is 1.09. The van der Waals surface area contributed by atoms with Crippen molar-refractivity contribution in [2.45, 2.75) is 44.8 Å². The first-order valence-corrected chi connectivity index (χ1v) is 9.58. The second kappa shape index (κ2) is 9.73. The van der Waals surface area contributed by atoms with Gasteiger partial charge in [-0.15, -0.1) is 0 Å². The van der Waals surface area contributed by atoms with Crippen LogP contribution in [0.2, 0.25) is 0 Å². The molecule has 138 valence electrons. The zero-order valence-electron chi connectivity index (χ0n) is 15.0. The third-order valence-electron chi connectivity index (χ3n) is 5.02. The van der Waals surface area contributed by atoms with Crippen molar-refractivity contribution < 1.29 is 9.53 Å². The Morgan fingerprint density at radius 1 is 1.24 bits per heavy atom. The number of piperazine rings is 1. The summed E-state index contributed by atoms with van der Waals surface area (Å²) in [6.07, 6.45) is 7.93. The van der Waals surface area contributed by atoms with Crippen LogP contribution in [-0.2, 0) is 11.3 Å². The molecule has 6 heteroatoms. The zero-order chi connectivity index (χ0) is 17.3. The van der Waals surface area contributed by atoms with Crippen LogP contribution in [0.1, 0.15) is 37.8 Å². The summed E-state index contributed by atoms with van der Waals surface area (Å²) in [7, 11) is 0. The van der Waals surface area contributed by atoms with Gasteiger partial charge < -0.3 is 15.0 Å². The van der Waals surface area contributed by atoms with Gasteiger partial charge in [0.15, 0.2) is 0 Å². The number of hydrogen-bond donors (Lipinski definition) is 1. The van der Waals surface area contributed by atoms with Crippen LogP contribution in [0, 0.1) is 0 Å². The van der Waals surface area contributed by atoms with Gasteiger partial charge in [0.25, 0.3) is 0 Å². The molecule has 1 aromatic heterocycles. The van der Waals surface area contributed by atoms with Gasteiger partial charge in [-0.05, 0) is 44.2 Å². The summed E-state index contributed by atoms with van der Waals surface area (Å²) in [5, 5.41) is 3.06. The highest BCUT2D eigenvalue weighted by Crippen LogP contribution is 2.16. The molecule has 1 aromatic rings. The highest BCUT2D eigenvalue weighted by Gasteiger charge is 2.21. The van der Waals surface area contributed by atoms with E-state index in [-0.39, 0.29) is 6.03 Å². The van der Waals surface area contributed by atoms with Crippen molar-refractivity contribution in [3.63, 3.8) is 0 Å². The number of carbonyl (C=O) groups excluding carboxylic acids is 1. The van der Waals surface area contributed by atoms with E-state index in [1.165, 1.54) is 19.3 Å². The summed E-state index contributed by atoms with van der Waals surface area (Å²) in [4.78, 5) is 20.9. The van der Waals surface area contributed by atoms with E-state index >= 15 is 0 Å². The second-order valence-corrected chi connectivity index (χ2v) is 6.95. The Hall–Kier alpha value is -1.66. The van der Waals surface area contributed by atoms with Crippen LogP contribution in [0.4, 0.5) is 4.79 Å². The van der Waals surface area contributed by atoms with E-state index in [4.69, 9.17) is 4.74 Å². The molecule has 25 heavy (non-hydrogen) atoms. The Morgan fingerprint density at radius 2 is 2.12 bits per heavy atom. The number of ether oxygens (including phenoxy) is 1. The molecule has 2 aliphatic rings. The van der Waals surface area contributed by atoms with Gasteiger partial charge in [0.05, 0.1) is 11.8 Å². The van der Waals surface area contributed by atoms with E-state index in [1.807, 2.05) is 23.2 Å². The van der Waals surface area contributed by atoms with Crippen molar-refractivity contribution in [2.75, 3.05) is 39.3 Å². The molecule has 3 heterocycles. The van der Waals surface area contributed by atoms with Crippen molar-refractivity contribution >= 4 is 6.03 Å². The van der Waals surface area contributed by atoms with Crippen LogP contribution in [0.3, 0.4) is 0 Å². The summed E-state index contributed by atoms with van der Waals surface area (Å²) < 4.78 is 5.73. The number of pyridine rings is 1. The van der Waals surface area contributed by atoms with Crippen molar-refractivity contribution in [2.24, 2.45) is 0 Å². The standard InChI is InChI=1S/C19H30N4O2/c24-19(21-10-5-8-18-7-2-4-15-25-18)23-13-11-22(12-14-23)16-17-6-1-3-9-20-17/h1,3,6,9,18H,2,4-5,7-8,10-16H2,(H,21,24)/t18-/m1/s1. The first-order valence-electron chi connectivity index (χ1n) is 9.58. The summed E-state index contributed by atoms with van der Waals surface area (Å²) in [6.45, 7) is 5.87. The third kappa shape index (κ3) is 5.97. The molecule has 0 radical (unpaired) electrons. The monoisotopic (exact) mass is 346 g/mol. The molecule has 2 aliphatic heterocycles. The Bertz CT molecular complexity index is 511. The Morgan fingerprint density at radius 3 is 2.84 bits per heavy atom. The minimum Gasteiger partial charge on any atom is -0.378 e. The van der Waals surface area contributed by atoms with Crippen LogP contribution in [0.5, 0.6) is 0 Å². The van der Waals surface area contributed by atoms with E-state index in [0.29, 0.717) is 6.10 Å². The molecule has 2 fully saturated rings. The molecule has 0 aromatic carbocycles. The normalized spacial score (nSPS) is 21.9. The number of amides is 2. The third-order valence-corrected chi connectivity index (χ3v) is 5.02. The van der Waals surface area contributed by atoms with E-state index in [2.05, 4.69) is 21.3 Å². The van der Waals surface area contributed by atoms with Gasteiger partial charge in [-0.1, -0.05) is 6.07 Å². The Kier molecular flexibility index (Phi) is 7.06. The second-order valence-electron chi connectivity index (χ2n) is 6.95. The fraction of sp³-hybridized carbons (Fsp3) is 0.684. The molecule has 6 nitrogen and oxygen atoms in total. The minimum atomic E-state index is 0.0713. The minimum absolute atomic E-state index is 0.0713. The van der Waals surface area contributed by atoms with Gasteiger partial charge in [-0.25, -0.2) is 4.79 Å². The maximum absolute atomic E-state index is 12.3. The summed E-state index contributed by atoms with van der Waals surface area (Å²) in [5.74, 6) is 0. The van der Waals surface area contributed by atoms with Crippen molar-refractivity contribution in [1.29, 1.82) is 0 Å². The van der Waals surface area contributed by atoms with E-state index in [0.717, 1.165) is 64.4 Å². The lowest BCUT2D eigenvalue weighted by atomic mass is 10.0. The van der Waals surface area contributed by atoms with Gasteiger partial charge in [0.1, 0.15) is 0 Å². The van der Waals surface area contributed by atoms with Gasteiger partial charge in [-0.3, -0.25) is 9.88 Å². The number of rotatable bonds is 6. The molecular formula is C19H30N4O2. The van der Waals surface area contributed by atoms with Crippen LogP contribution in [-0.4, -0.2) is 66.2 Å². The molecule has 1 atom stereocenters. The molecule has 0 saturated carbocycles. The Balaban J connectivity index is 1.29. The lowest BCUT2D eigenvalue weighted by Gasteiger charge is -2.34. The highest BCUT2D eigenvalue weighted by molar-refractivity contribution is 5.74. The fourth-order valence-corrected chi connectivity index (χ4v) is 3.50. The molecule has 2 saturated heterocycles. The lowest BCUT2D eigenvalue weighted by molar-refractivity contribution is 0.0102. The van der Waals surface area contributed by atoms with Crippen LogP contribution in [0.15, 0.2) is 24.4 Å². The maximum atomic E-state index is 12.3. The van der Waals surface area contributed by atoms with E-state index < -0.39 is 0 Å². The quantitative estimate of drug-likeness (QED) is 0.803. The summed E-state index contributed by atoms with van der Waals surface area (Å²) in [6, 6.07) is 6.08. The predicted octanol–water partition coefficient (Wildman–Crippen LogP) is 2.26. The molecule has 3 rings (SSSR count). The first kappa shape index (κ1) is 18.1. The molecule has 0 bridgehead atoms. The average molecular weight is 346 g/mol.